The molecule has 0 radical (unpaired) electrons. The van der Waals surface area contributed by atoms with Crippen molar-refractivity contribution >= 4 is 23.3 Å². The molecule has 290 valence electrons. The average Bonchev–Trinajstić information content (AvgIpc) is 3.96. The molecule has 1 fully saturated rings. The van der Waals surface area contributed by atoms with Crippen molar-refractivity contribution in [1.82, 2.24) is 29.7 Å². The van der Waals surface area contributed by atoms with E-state index in [9.17, 15) is 0 Å². The van der Waals surface area contributed by atoms with Gasteiger partial charge in [-0.1, -0.05) is 60.7 Å². The largest absolute Gasteiger partial charge is 0.494 e. The molecule has 3 aliphatic rings. The highest BCUT2D eigenvalue weighted by atomic mass is 16.5. The molecule has 4 heterocycles. The summed E-state index contributed by atoms with van der Waals surface area (Å²) in [7, 11) is 4.33. The third-order valence-corrected chi connectivity index (χ3v) is 10.4. The number of fused-ring (bicyclic) bond motifs is 15. The van der Waals surface area contributed by atoms with E-state index in [0.29, 0.717) is 18.5 Å². The highest BCUT2D eigenvalue weighted by Crippen LogP contribution is 2.42. The second-order valence-electron chi connectivity index (χ2n) is 15.1. The number of benzene rings is 4. The van der Waals surface area contributed by atoms with Crippen LogP contribution in [0, 0.1) is 11.8 Å². The van der Waals surface area contributed by atoms with E-state index >= 15 is 0 Å². The van der Waals surface area contributed by atoms with Crippen LogP contribution in [0.3, 0.4) is 0 Å². The number of rotatable bonds is 0. The van der Waals surface area contributed by atoms with E-state index in [1.54, 1.807) is 12.4 Å². The van der Waals surface area contributed by atoms with Gasteiger partial charge in [0, 0.05) is 61.1 Å². The Morgan fingerprint density at radius 3 is 1.81 bits per heavy atom. The quantitative estimate of drug-likeness (QED) is 0.146. The Morgan fingerprint density at radius 2 is 1.18 bits per heavy atom. The van der Waals surface area contributed by atoms with E-state index < -0.39 is 0 Å². The van der Waals surface area contributed by atoms with Crippen molar-refractivity contribution in [3.63, 3.8) is 0 Å². The van der Waals surface area contributed by atoms with Crippen molar-refractivity contribution in [2.75, 3.05) is 51.0 Å². The Labute approximate surface area is 335 Å². The van der Waals surface area contributed by atoms with Gasteiger partial charge in [-0.15, -0.1) is 0 Å². The number of nitrogens with zero attached hydrogens (tertiary/aromatic N) is 6. The lowest BCUT2D eigenvalue weighted by Gasteiger charge is -2.18. The van der Waals surface area contributed by atoms with Gasteiger partial charge in [-0.2, -0.15) is 0 Å². The summed E-state index contributed by atoms with van der Waals surface area (Å²) in [4.78, 5) is 22.9. The molecule has 2 unspecified atom stereocenters. The lowest BCUT2D eigenvalue weighted by molar-refractivity contribution is 0.280. The molecule has 6 aromatic rings. The minimum atomic E-state index is 0.582. The van der Waals surface area contributed by atoms with E-state index in [2.05, 4.69) is 116 Å². The van der Waals surface area contributed by atoms with Crippen molar-refractivity contribution in [2.24, 2.45) is 11.8 Å². The Balaban J connectivity index is 0.000000160. The van der Waals surface area contributed by atoms with Crippen LogP contribution in [0.15, 0.2) is 134 Å². The Bertz CT molecular complexity index is 2300. The van der Waals surface area contributed by atoms with E-state index in [0.717, 1.165) is 103 Å². The maximum Gasteiger partial charge on any atom is 0.227 e. The zero-order valence-electron chi connectivity index (χ0n) is 32.7. The second kappa shape index (κ2) is 18.2. The van der Waals surface area contributed by atoms with Gasteiger partial charge in [0.25, 0.3) is 0 Å². The Morgan fingerprint density at radius 1 is 0.596 bits per heavy atom. The number of hydrogen-bond donors (Lipinski definition) is 2. The number of aromatic nitrogens is 4. The normalized spacial score (nSPS) is 19.0. The molecule has 2 aliphatic heterocycles. The van der Waals surface area contributed by atoms with E-state index in [1.807, 2.05) is 54.6 Å². The van der Waals surface area contributed by atoms with Gasteiger partial charge in [0.1, 0.15) is 11.5 Å². The minimum Gasteiger partial charge on any atom is -0.494 e. The maximum atomic E-state index is 6.05. The van der Waals surface area contributed by atoms with Crippen molar-refractivity contribution < 1.29 is 9.47 Å². The standard InChI is InChI=1S/C24H26N4O.C23H24N4O/c1-28-15-17-4-2-6-21(12-17)26-24-25-10-8-23(27-24)19-5-3-7-22(14-19)29-11-9-18-13-20(18)16-28;1-27-13-3-2-4-14-28-21-10-6-8-19(16-21)22-11-12-24-23(26-22)25-20-9-5-7-18(15-20)17-27/h2-8,10,12,14,18,20H,9,11,13,15-16H2,1H3,(H,25,26,27);2-3,5-12,15-16H,4,13-14,17H2,1H3,(H,24,25,26)/b;3-2+. The van der Waals surface area contributed by atoms with Gasteiger partial charge in [0.15, 0.2) is 0 Å². The number of likely N-dealkylation sites (N-methyl/N-ethyl adjacent to an activating group) is 1. The molecule has 10 nitrogen and oxygen atoms in total. The highest BCUT2D eigenvalue weighted by Gasteiger charge is 2.37. The van der Waals surface area contributed by atoms with Crippen molar-refractivity contribution in [3.05, 3.63) is 145 Å². The fraction of sp³-hybridized carbons (Fsp3) is 0.277. The molecule has 1 saturated carbocycles. The van der Waals surface area contributed by atoms with E-state index in [4.69, 9.17) is 14.5 Å². The Hall–Kier alpha value is -6.10. The Kier molecular flexibility index (Phi) is 12.1. The average molecular weight is 759 g/mol. The molecule has 2 aromatic heterocycles. The lowest BCUT2D eigenvalue weighted by atomic mass is 10.1. The smallest absolute Gasteiger partial charge is 0.227 e. The van der Waals surface area contributed by atoms with Crippen LogP contribution in [-0.2, 0) is 13.1 Å². The van der Waals surface area contributed by atoms with Gasteiger partial charge in [-0.25, -0.2) is 19.9 Å². The summed E-state index contributed by atoms with van der Waals surface area (Å²) in [6.45, 7) is 5.29. The number of ether oxygens (including phenoxy) is 2. The molecule has 2 N–H and O–H groups in total. The fourth-order valence-corrected chi connectivity index (χ4v) is 7.39. The summed E-state index contributed by atoms with van der Waals surface area (Å²) in [5.74, 6) is 4.52. The van der Waals surface area contributed by atoms with Crippen molar-refractivity contribution in [3.8, 4) is 34.0 Å². The van der Waals surface area contributed by atoms with Crippen LogP contribution >= 0.6 is 0 Å². The first-order valence-corrected chi connectivity index (χ1v) is 19.9. The lowest BCUT2D eigenvalue weighted by Crippen LogP contribution is -2.21. The van der Waals surface area contributed by atoms with Gasteiger partial charge in [-0.3, -0.25) is 4.90 Å². The first-order chi connectivity index (χ1) is 28.0. The first kappa shape index (κ1) is 37.8. The molecular weight excluding hydrogens is 709 g/mol. The monoisotopic (exact) mass is 758 g/mol. The van der Waals surface area contributed by atoms with Gasteiger partial charge in [-0.05, 0) is 117 Å². The molecule has 2 atom stereocenters. The predicted octanol–water partition coefficient (Wildman–Crippen LogP) is 9.40. The summed E-state index contributed by atoms with van der Waals surface area (Å²) >= 11 is 0. The molecular formula is C47H50N8O2. The molecule has 1 aliphatic carbocycles. The zero-order chi connectivity index (χ0) is 38.8. The maximum absolute atomic E-state index is 6.05. The van der Waals surface area contributed by atoms with E-state index in [-0.39, 0.29) is 0 Å². The highest BCUT2D eigenvalue weighted by molar-refractivity contribution is 5.65. The number of anilines is 4. The number of nitrogens with one attached hydrogen (secondary N) is 2. The minimum absolute atomic E-state index is 0.582. The summed E-state index contributed by atoms with van der Waals surface area (Å²) in [5.41, 5.74) is 8.32. The second-order valence-corrected chi connectivity index (χ2v) is 15.1. The zero-order valence-corrected chi connectivity index (χ0v) is 32.7. The molecule has 0 saturated heterocycles. The molecule has 12 bridgehead atoms. The van der Waals surface area contributed by atoms with Crippen molar-refractivity contribution in [1.29, 1.82) is 0 Å². The van der Waals surface area contributed by atoms with E-state index in [1.165, 1.54) is 17.5 Å². The van der Waals surface area contributed by atoms with Crippen LogP contribution in [0.5, 0.6) is 11.5 Å². The molecule has 0 spiro atoms. The fourth-order valence-electron chi connectivity index (χ4n) is 7.39. The summed E-state index contributed by atoms with van der Waals surface area (Å²) in [5, 5.41) is 6.68. The van der Waals surface area contributed by atoms with Gasteiger partial charge >= 0.3 is 0 Å². The van der Waals surface area contributed by atoms with Gasteiger partial charge in [0.2, 0.25) is 11.9 Å². The summed E-state index contributed by atoms with van der Waals surface area (Å²) in [6.07, 6.45) is 11.3. The third-order valence-electron chi connectivity index (χ3n) is 10.4. The van der Waals surface area contributed by atoms with Crippen LogP contribution in [0.25, 0.3) is 22.5 Å². The first-order valence-electron chi connectivity index (χ1n) is 19.9. The summed E-state index contributed by atoms with van der Waals surface area (Å²) in [6, 6.07) is 36.9. The molecule has 4 aromatic carbocycles. The third kappa shape index (κ3) is 10.8. The van der Waals surface area contributed by atoms with Crippen LogP contribution in [0.4, 0.5) is 23.3 Å². The SMILES string of the molecule is CN1C/C=C/CCOc2cccc(c2)-c2ccnc(n2)Nc2cccc(c2)C1.CN1Cc2cccc(c2)Nc2nccc(n2)-c2cccc(c2)OCCC2CC2C1. The molecule has 0 amide bonds. The summed E-state index contributed by atoms with van der Waals surface area (Å²) < 4.78 is 11.9. The van der Waals surface area contributed by atoms with Gasteiger partial charge in [0.05, 0.1) is 24.6 Å². The predicted molar refractivity (Wildman–Crippen MR) is 228 cm³/mol. The molecule has 9 rings (SSSR count). The van der Waals surface area contributed by atoms with Crippen LogP contribution in [0.2, 0.25) is 0 Å². The number of hydrogen-bond acceptors (Lipinski definition) is 10. The molecule has 10 heteroatoms. The van der Waals surface area contributed by atoms with Gasteiger partial charge < -0.3 is 25.0 Å². The molecule has 57 heavy (non-hydrogen) atoms. The van der Waals surface area contributed by atoms with Crippen LogP contribution in [0.1, 0.15) is 30.4 Å². The van der Waals surface area contributed by atoms with Crippen LogP contribution in [-0.4, -0.2) is 70.1 Å². The topological polar surface area (TPSA) is 101 Å². The van der Waals surface area contributed by atoms with Crippen molar-refractivity contribution in [2.45, 2.75) is 32.4 Å². The van der Waals surface area contributed by atoms with Crippen LogP contribution < -0.4 is 20.1 Å².